The number of Topliss-reactive ketones (excluding diaryl/α,β-unsaturated/α-hetero) is 1. The molecule has 3 saturated heterocycles. The molecule has 0 spiro atoms. The number of piperidine rings is 2. The summed E-state index contributed by atoms with van der Waals surface area (Å²) in [6, 6.07) is 3.09. The van der Waals surface area contributed by atoms with Gasteiger partial charge in [0.25, 0.3) is 5.56 Å². The minimum absolute atomic E-state index is 0.00852. The van der Waals surface area contributed by atoms with E-state index in [1.165, 1.54) is 22.8 Å². The molecule has 16 heteroatoms. The minimum atomic E-state index is -4.86. The number of rotatable bonds is 11. The molecule has 3 fully saturated rings. The number of amides is 2. The molecule has 2 unspecified atom stereocenters. The molecule has 0 saturated carbocycles. The van der Waals surface area contributed by atoms with Crippen LogP contribution in [-0.4, -0.2) is 72.2 Å². The number of carbonyl (C=O) groups excluding carboxylic acids is 3. The number of nitrogens with zero attached hydrogens (tertiary/aromatic N) is 3. The van der Waals surface area contributed by atoms with Crippen LogP contribution in [0.2, 0.25) is 0 Å². The summed E-state index contributed by atoms with van der Waals surface area (Å²) in [5.41, 5.74) is 2.36. The molecule has 320 valence electrons. The number of hydrogen-bond donors (Lipinski definition) is 2. The average Bonchev–Trinajstić information content (AvgIpc) is 3.50. The third-order valence-electron chi connectivity index (χ3n) is 11.9. The summed E-state index contributed by atoms with van der Waals surface area (Å²) in [5.74, 6) is -0.901. The van der Waals surface area contributed by atoms with Gasteiger partial charge in [-0.25, -0.2) is 0 Å². The third-order valence-corrected chi connectivity index (χ3v) is 11.9. The number of likely N-dealkylation sites (tertiary alicyclic amines) is 1. The maximum atomic E-state index is 14.2. The lowest BCUT2D eigenvalue weighted by atomic mass is 9.90. The monoisotopic (exact) mass is 831 g/mol. The highest BCUT2D eigenvalue weighted by Crippen LogP contribution is 2.40. The highest BCUT2D eigenvalue weighted by Gasteiger charge is 2.37. The second-order valence-corrected chi connectivity index (χ2v) is 16.3. The van der Waals surface area contributed by atoms with E-state index in [9.17, 15) is 45.5 Å². The average molecular weight is 832 g/mol. The van der Waals surface area contributed by atoms with Crippen LogP contribution in [0, 0.1) is 25.7 Å². The number of nitrogens with one attached hydrogen (secondary N) is 2. The fourth-order valence-electron chi connectivity index (χ4n) is 8.68. The number of halogens is 6. The zero-order valence-electron chi connectivity index (χ0n) is 33.5. The summed E-state index contributed by atoms with van der Waals surface area (Å²) < 4.78 is 89.1. The van der Waals surface area contributed by atoms with Gasteiger partial charge in [-0.1, -0.05) is 17.7 Å². The number of benzene rings is 1. The number of hydrogen-bond acceptors (Lipinski definition) is 8. The molecule has 2 N–H and O–H groups in total. The smallest absolute Gasteiger partial charge is 0.410 e. The molecule has 1 aromatic heterocycles. The van der Waals surface area contributed by atoms with Crippen molar-refractivity contribution < 1.29 is 45.5 Å². The lowest BCUT2D eigenvalue weighted by molar-refractivity contribution is -0.306. The maximum absolute atomic E-state index is 14.2. The summed E-state index contributed by atoms with van der Waals surface area (Å²) in [6.07, 6.45) is 1.90. The lowest BCUT2D eigenvalue weighted by Crippen LogP contribution is -2.47. The molecule has 3 aliphatic heterocycles. The van der Waals surface area contributed by atoms with Crippen molar-refractivity contribution in [3.8, 4) is 0 Å². The van der Waals surface area contributed by atoms with Gasteiger partial charge in [-0.15, -0.1) is 13.2 Å². The van der Waals surface area contributed by atoms with E-state index in [0.29, 0.717) is 74.1 Å². The molecule has 4 heterocycles. The van der Waals surface area contributed by atoms with Crippen molar-refractivity contribution in [1.29, 1.82) is 0 Å². The second-order valence-electron chi connectivity index (χ2n) is 16.3. The van der Waals surface area contributed by atoms with E-state index in [1.807, 2.05) is 6.08 Å². The van der Waals surface area contributed by atoms with Crippen molar-refractivity contribution in [3.63, 3.8) is 0 Å². The molecule has 2 amide bonds. The van der Waals surface area contributed by atoms with Crippen molar-refractivity contribution in [2.24, 2.45) is 18.9 Å². The Morgan fingerprint density at radius 3 is 2.34 bits per heavy atom. The third kappa shape index (κ3) is 11.5. The Bertz CT molecular complexity index is 2080. The number of ketones is 1. The van der Waals surface area contributed by atoms with Crippen molar-refractivity contribution in [3.05, 3.63) is 86.6 Å². The first-order valence-electron chi connectivity index (χ1n) is 20.2. The van der Waals surface area contributed by atoms with Gasteiger partial charge in [0.2, 0.25) is 11.8 Å². The number of ether oxygens (including phenoxy) is 1. The number of alkyl halides is 6. The van der Waals surface area contributed by atoms with Crippen LogP contribution in [0.1, 0.15) is 86.5 Å². The lowest BCUT2D eigenvalue weighted by Gasteiger charge is -2.35. The van der Waals surface area contributed by atoms with Gasteiger partial charge in [0.15, 0.2) is 0 Å². The van der Waals surface area contributed by atoms with E-state index in [1.54, 1.807) is 38.1 Å². The Labute approximate surface area is 339 Å². The van der Waals surface area contributed by atoms with Gasteiger partial charge in [-0.3, -0.25) is 29.4 Å². The van der Waals surface area contributed by atoms with Crippen LogP contribution >= 0.6 is 0 Å². The zero-order chi connectivity index (χ0) is 42.6. The van der Waals surface area contributed by atoms with E-state index in [0.717, 1.165) is 30.9 Å². The number of pyridine rings is 1. The van der Waals surface area contributed by atoms with Crippen LogP contribution in [0.25, 0.3) is 5.57 Å². The van der Waals surface area contributed by atoms with Gasteiger partial charge >= 0.3 is 12.5 Å². The van der Waals surface area contributed by atoms with Crippen LogP contribution in [-0.2, 0) is 32.3 Å². The normalized spacial score (nSPS) is 21.5. The van der Waals surface area contributed by atoms with Crippen molar-refractivity contribution >= 4 is 34.5 Å². The number of carbonyl (C=O) groups is 3. The second kappa shape index (κ2) is 18.2. The van der Waals surface area contributed by atoms with Gasteiger partial charge in [0.05, 0.1) is 12.1 Å². The Hall–Kier alpha value is -4.86. The Kier molecular flexibility index (Phi) is 13.5. The number of imide groups is 1. The largest absolute Gasteiger partial charge is 0.572 e. The van der Waals surface area contributed by atoms with Gasteiger partial charge in [-0.05, 0) is 119 Å². The first kappa shape index (κ1) is 43.7. The standard InChI is InChI=1S/C43H51F6N5O5/c1-26-27(2)41(58)52(3)25-35(26)31-7-6-30(21-34(22-31)59-43(47,48)49)19-28-5-4-15-53(16-12-28)24-33(55)20-29-13-17-54(18-14-29)38-10-8-32(23-36(38)42(44,45)46)50-37-9-11-39(56)51-40(37)57/h6-8,10,22-23,25,28-29,37,50H,4-5,9,11-21,24H2,1-3H3,(H,51,56,57). The molecule has 10 nitrogen and oxygen atoms in total. The molecular formula is C43H51F6N5O5. The van der Waals surface area contributed by atoms with Crippen molar-refractivity contribution in [2.45, 2.75) is 96.6 Å². The van der Waals surface area contributed by atoms with Crippen LogP contribution in [0.5, 0.6) is 0 Å². The van der Waals surface area contributed by atoms with E-state index in [4.69, 9.17) is 0 Å². The first-order valence-corrected chi connectivity index (χ1v) is 20.2. The minimum Gasteiger partial charge on any atom is -0.410 e. The SMILES string of the molecule is Cc1c(C2=CC=C(CC3CCCN(CC(=O)CC4CCN(c5ccc(NC6CCC(=O)NC6=O)cc5C(F)(F)F)CC4)CC3)CC(OC(F)(F)F)=C2)cn(C)c(=O)c1C. The molecule has 6 rings (SSSR count). The Morgan fingerprint density at radius 1 is 0.915 bits per heavy atom. The van der Waals surface area contributed by atoms with Crippen molar-refractivity contribution in [1.82, 2.24) is 14.8 Å². The van der Waals surface area contributed by atoms with Crippen LogP contribution in [0.4, 0.5) is 37.7 Å². The Balaban J connectivity index is 1.01. The van der Waals surface area contributed by atoms with Crippen LogP contribution in [0.15, 0.2) is 58.8 Å². The molecule has 1 aromatic carbocycles. The topological polar surface area (TPSA) is 113 Å². The molecule has 4 aliphatic rings. The predicted molar refractivity (Wildman–Crippen MR) is 211 cm³/mol. The number of allylic oxidation sites excluding steroid dienone is 5. The molecular weight excluding hydrogens is 780 g/mol. The van der Waals surface area contributed by atoms with E-state index >= 15 is 0 Å². The number of anilines is 2. The zero-order valence-corrected chi connectivity index (χ0v) is 33.5. The van der Waals surface area contributed by atoms with Crippen LogP contribution < -0.4 is 21.1 Å². The van der Waals surface area contributed by atoms with Crippen LogP contribution in [0.3, 0.4) is 0 Å². The fraction of sp³-hybridized carbons (Fsp3) is 0.535. The number of aromatic nitrogens is 1. The molecule has 0 radical (unpaired) electrons. The van der Waals surface area contributed by atoms with Gasteiger partial charge in [0, 0.05) is 68.1 Å². The van der Waals surface area contributed by atoms with Gasteiger partial charge in [-0.2, -0.15) is 13.2 Å². The summed E-state index contributed by atoms with van der Waals surface area (Å²) >= 11 is 0. The summed E-state index contributed by atoms with van der Waals surface area (Å²) in [4.78, 5) is 53.2. The van der Waals surface area contributed by atoms with E-state index in [2.05, 4.69) is 20.3 Å². The highest BCUT2D eigenvalue weighted by atomic mass is 19.4. The first-order chi connectivity index (χ1) is 27.8. The van der Waals surface area contributed by atoms with Gasteiger partial charge in [0.1, 0.15) is 17.6 Å². The summed E-state index contributed by atoms with van der Waals surface area (Å²) in [5, 5.41) is 5.02. The molecule has 2 atom stereocenters. The Morgan fingerprint density at radius 2 is 1.64 bits per heavy atom. The van der Waals surface area contributed by atoms with E-state index < -0.39 is 36.0 Å². The molecule has 59 heavy (non-hydrogen) atoms. The highest BCUT2D eigenvalue weighted by molar-refractivity contribution is 6.01. The van der Waals surface area contributed by atoms with E-state index in [-0.39, 0.29) is 66.1 Å². The summed E-state index contributed by atoms with van der Waals surface area (Å²) in [6.45, 7) is 5.82. The summed E-state index contributed by atoms with van der Waals surface area (Å²) in [7, 11) is 1.61. The maximum Gasteiger partial charge on any atom is 0.572 e. The molecule has 0 bridgehead atoms. The quantitative estimate of drug-likeness (QED) is 0.175. The fourth-order valence-corrected chi connectivity index (χ4v) is 8.68. The predicted octanol–water partition coefficient (Wildman–Crippen LogP) is 7.74. The van der Waals surface area contributed by atoms with Gasteiger partial charge < -0.3 is 19.5 Å². The molecule has 2 aromatic rings. The van der Waals surface area contributed by atoms with Crippen molar-refractivity contribution in [2.75, 3.05) is 42.9 Å². The molecule has 1 aliphatic carbocycles. The number of aryl methyl sites for hydroxylation is 1.